The molecule has 3 unspecified atom stereocenters. The summed E-state index contributed by atoms with van der Waals surface area (Å²) < 4.78 is 0. The van der Waals surface area contributed by atoms with Gasteiger partial charge in [-0.2, -0.15) is 0 Å². The first-order valence-electron chi connectivity index (χ1n) is 4.86. The van der Waals surface area contributed by atoms with E-state index in [0.29, 0.717) is 12.0 Å². The van der Waals surface area contributed by atoms with Gasteiger partial charge in [0, 0.05) is 12.0 Å². The second-order valence-corrected chi connectivity index (χ2v) is 4.03. The van der Waals surface area contributed by atoms with E-state index < -0.39 is 0 Å². The Morgan fingerprint density at radius 2 is 2.15 bits per heavy atom. The fourth-order valence-electron chi connectivity index (χ4n) is 2.70. The molecular formula is C11H13NO. The first-order valence-corrected chi connectivity index (χ1v) is 4.86. The van der Waals surface area contributed by atoms with E-state index in [2.05, 4.69) is 29.6 Å². The lowest BCUT2D eigenvalue weighted by Gasteiger charge is -2.07. The normalized spacial score (nSPS) is 35.9. The molecular weight excluding hydrogens is 162 g/mol. The summed E-state index contributed by atoms with van der Waals surface area (Å²) in [5.74, 6) is 0.547. The van der Waals surface area contributed by atoms with E-state index in [-0.39, 0.29) is 6.23 Å². The molecule has 0 aromatic heterocycles. The van der Waals surface area contributed by atoms with E-state index in [1.165, 1.54) is 11.1 Å². The zero-order valence-corrected chi connectivity index (χ0v) is 7.40. The first-order chi connectivity index (χ1) is 6.34. The molecule has 1 aromatic rings. The van der Waals surface area contributed by atoms with Gasteiger partial charge in [0.1, 0.15) is 6.23 Å². The summed E-state index contributed by atoms with van der Waals surface area (Å²) in [7, 11) is 0. The number of hydrogen-bond donors (Lipinski definition) is 2. The summed E-state index contributed by atoms with van der Waals surface area (Å²) in [6.45, 7) is 0. The fraction of sp³-hybridized carbons (Fsp3) is 0.455. The van der Waals surface area contributed by atoms with Crippen LogP contribution in [0.2, 0.25) is 0 Å². The predicted molar refractivity (Wildman–Crippen MR) is 50.4 cm³/mol. The molecule has 1 aromatic carbocycles. The van der Waals surface area contributed by atoms with Crippen LogP contribution in [0.4, 0.5) is 0 Å². The molecule has 3 rings (SSSR count). The molecule has 2 nitrogen and oxygen atoms in total. The molecule has 3 atom stereocenters. The number of benzene rings is 1. The largest absolute Gasteiger partial charge is 0.379 e. The molecule has 1 fully saturated rings. The van der Waals surface area contributed by atoms with Crippen molar-refractivity contribution in [2.24, 2.45) is 0 Å². The van der Waals surface area contributed by atoms with Gasteiger partial charge in [0.05, 0.1) is 0 Å². The van der Waals surface area contributed by atoms with Gasteiger partial charge in [-0.3, -0.25) is 5.32 Å². The lowest BCUT2D eigenvalue weighted by Crippen LogP contribution is -2.29. The van der Waals surface area contributed by atoms with Gasteiger partial charge in [-0.15, -0.1) is 0 Å². The van der Waals surface area contributed by atoms with Gasteiger partial charge in [0.2, 0.25) is 0 Å². The van der Waals surface area contributed by atoms with Crippen LogP contribution < -0.4 is 5.32 Å². The summed E-state index contributed by atoms with van der Waals surface area (Å²) in [4.78, 5) is 0. The molecule has 1 aliphatic heterocycles. The Kier molecular flexibility index (Phi) is 1.49. The summed E-state index contributed by atoms with van der Waals surface area (Å²) in [6, 6.07) is 9.05. The molecule has 2 aliphatic rings. The molecule has 0 radical (unpaired) electrons. The number of rotatable bonds is 0. The minimum Gasteiger partial charge on any atom is -0.379 e. The van der Waals surface area contributed by atoms with Crippen molar-refractivity contribution in [3.63, 3.8) is 0 Å². The summed E-state index contributed by atoms with van der Waals surface area (Å²) in [5, 5.41) is 12.7. The Labute approximate surface area is 77.6 Å². The molecule has 13 heavy (non-hydrogen) atoms. The van der Waals surface area contributed by atoms with Gasteiger partial charge in [-0.05, 0) is 24.0 Å². The smallest absolute Gasteiger partial charge is 0.105 e. The van der Waals surface area contributed by atoms with E-state index in [4.69, 9.17) is 0 Å². The Hall–Kier alpha value is -0.860. The Bertz CT molecular complexity index is 337. The van der Waals surface area contributed by atoms with Crippen molar-refractivity contribution in [1.29, 1.82) is 0 Å². The number of aliphatic hydroxyl groups is 1. The second-order valence-electron chi connectivity index (χ2n) is 4.03. The van der Waals surface area contributed by atoms with Crippen molar-refractivity contribution in [1.82, 2.24) is 5.32 Å². The first kappa shape index (κ1) is 7.54. The van der Waals surface area contributed by atoms with Crippen molar-refractivity contribution in [3.05, 3.63) is 35.4 Å². The van der Waals surface area contributed by atoms with Crippen LogP contribution in [0.1, 0.15) is 23.5 Å². The van der Waals surface area contributed by atoms with Crippen molar-refractivity contribution in [2.45, 2.75) is 31.0 Å². The van der Waals surface area contributed by atoms with Crippen LogP contribution in [0.3, 0.4) is 0 Å². The summed E-state index contributed by atoms with van der Waals surface area (Å²) in [6.07, 6.45) is 1.67. The molecule has 0 bridgehead atoms. The maximum Gasteiger partial charge on any atom is 0.105 e. The molecule has 0 saturated carbocycles. The van der Waals surface area contributed by atoms with Gasteiger partial charge < -0.3 is 5.11 Å². The molecule has 0 spiro atoms. The van der Waals surface area contributed by atoms with Gasteiger partial charge >= 0.3 is 0 Å². The zero-order chi connectivity index (χ0) is 8.84. The third kappa shape index (κ3) is 1.02. The highest BCUT2D eigenvalue weighted by Crippen LogP contribution is 2.39. The second kappa shape index (κ2) is 2.56. The van der Waals surface area contributed by atoms with E-state index in [9.17, 15) is 5.11 Å². The third-order valence-electron chi connectivity index (χ3n) is 3.26. The van der Waals surface area contributed by atoms with Crippen LogP contribution in [0, 0.1) is 0 Å². The number of hydrogen-bond acceptors (Lipinski definition) is 2. The lowest BCUT2D eigenvalue weighted by molar-refractivity contribution is 0.153. The van der Waals surface area contributed by atoms with E-state index in [1.807, 2.05) is 0 Å². The maximum absolute atomic E-state index is 9.45. The minimum absolute atomic E-state index is 0.289. The molecule has 2 N–H and O–H groups in total. The quantitative estimate of drug-likeness (QED) is 0.616. The summed E-state index contributed by atoms with van der Waals surface area (Å²) in [5.41, 5.74) is 2.90. The van der Waals surface area contributed by atoms with Crippen molar-refractivity contribution in [2.75, 3.05) is 0 Å². The maximum atomic E-state index is 9.45. The number of fused-ring (bicyclic) bond motifs is 3. The monoisotopic (exact) mass is 175 g/mol. The highest BCUT2D eigenvalue weighted by Gasteiger charge is 2.39. The standard InChI is InChI=1S/C11H13NO/c13-11-6-9-8-4-2-1-3-7(8)5-10(9)12-11/h1-4,9-13H,5-6H2. The third-order valence-corrected chi connectivity index (χ3v) is 3.26. The molecule has 0 amide bonds. The lowest BCUT2D eigenvalue weighted by atomic mass is 9.98. The van der Waals surface area contributed by atoms with Gasteiger partial charge in [0.25, 0.3) is 0 Å². The van der Waals surface area contributed by atoms with E-state index in [0.717, 1.165) is 12.8 Å². The van der Waals surface area contributed by atoms with Gasteiger partial charge in [-0.25, -0.2) is 0 Å². The SMILES string of the molecule is OC1CC2c3ccccc3CC2N1. The Morgan fingerprint density at radius 1 is 1.31 bits per heavy atom. The number of aliphatic hydroxyl groups excluding tert-OH is 1. The van der Waals surface area contributed by atoms with Crippen LogP contribution in [0.15, 0.2) is 24.3 Å². The van der Waals surface area contributed by atoms with Crippen molar-refractivity contribution in [3.8, 4) is 0 Å². The topological polar surface area (TPSA) is 32.3 Å². The van der Waals surface area contributed by atoms with Crippen LogP contribution in [-0.4, -0.2) is 17.4 Å². The highest BCUT2D eigenvalue weighted by molar-refractivity contribution is 5.38. The zero-order valence-electron chi connectivity index (χ0n) is 7.40. The van der Waals surface area contributed by atoms with Gasteiger partial charge in [0.15, 0.2) is 0 Å². The van der Waals surface area contributed by atoms with Crippen LogP contribution >= 0.6 is 0 Å². The molecule has 1 saturated heterocycles. The van der Waals surface area contributed by atoms with Crippen LogP contribution in [0.5, 0.6) is 0 Å². The van der Waals surface area contributed by atoms with Crippen molar-refractivity contribution >= 4 is 0 Å². The highest BCUT2D eigenvalue weighted by atomic mass is 16.3. The molecule has 2 heteroatoms. The van der Waals surface area contributed by atoms with Crippen molar-refractivity contribution < 1.29 is 5.11 Å². The predicted octanol–water partition coefficient (Wildman–Crippen LogP) is 1.01. The van der Waals surface area contributed by atoms with E-state index >= 15 is 0 Å². The average molecular weight is 175 g/mol. The average Bonchev–Trinajstić information content (AvgIpc) is 2.60. The Morgan fingerprint density at radius 3 is 3.08 bits per heavy atom. The Balaban J connectivity index is 2.02. The van der Waals surface area contributed by atoms with Crippen LogP contribution in [0.25, 0.3) is 0 Å². The molecule has 1 aliphatic carbocycles. The summed E-state index contributed by atoms with van der Waals surface area (Å²) >= 11 is 0. The fourth-order valence-corrected chi connectivity index (χ4v) is 2.70. The minimum atomic E-state index is -0.289. The van der Waals surface area contributed by atoms with Crippen LogP contribution in [-0.2, 0) is 6.42 Å². The molecule has 68 valence electrons. The molecule has 1 heterocycles. The van der Waals surface area contributed by atoms with E-state index in [1.54, 1.807) is 0 Å². The number of nitrogens with one attached hydrogen (secondary N) is 1. The van der Waals surface area contributed by atoms with Gasteiger partial charge in [-0.1, -0.05) is 24.3 Å².